The van der Waals surface area contributed by atoms with Crippen LogP contribution in [0.3, 0.4) is 0 Å². The van der Waals surface area contributed by atoms with Crippen molar-refractivity contribution >= 4 is 11.9 Å². The first-order valence-electron chi connectivity index (χ1n) is 17.4. The monoisotopic (exact) mass is 678 g/mol. The van der Waals surface area contributed by atoms with Gasteiger partial charge in [-0.1, -0.05) is 69.3 Å². The van der Waals surface area contributed by atoms with Crippen LogP contribution in [0, 0.1) is 10.8 Å². The Balaban J connectivity index is 1.38. The van der Waals surface area contributed by atoms with Crippen molar-refractivity contribution in [2.24, 2.45) is 10.8 Å². The van der Waals surface area contributed by atoms with Gasteiger partial charge in [-0.15, -0.1) is 0 Å². The lowest BCUT2D eigenvalue weighted by atomic mass is 9.77. The summed E-state index contributed by atoms with van der Waals surface area (Å²) in [6, 6.07) is 31.1. The van der Waals surface area contributed by atoms with Gasteiger partial charge in [-0.05, 0) is 140 Å². The molecule has 266 valence electrons. The van der Waals surface area contributed by atoms with Gasteiger partial charge in [0.25, 0.3) is 0 Å². The van der Waals surface area contributed by atoms with E-state index in [1.54, 1.807) is 12.1 Å². The predicted molar refractivity (Wildman–Crippen MR) is 201 cm³/mol. The van der Waals surface area contributed by atoms with Gasteiger partial charge in [0.15, 0.2) is 0 Å². The maximum atomic E-state index is 13.6. The Hall–Kier alpha value is -4.58. The Labute approximate surface area is 299 Å². The van der Waals surface area contributed by atoms with Crippen LogP contribution in [0.25, 0.3) is 11.1 Å². The molecule has 0 unspecified atom stereocenters. The average Bonchev–Trinajstić information content (AvgIpc) is 3.05. The zero-order chi connectivity index (χ0) is 37.1. The maximum absolute atomic E-state index is 13.6. The van der Waals surface area contributed by atoms with Crippen molar-refractivity contribution in [1.29, 1.82) is 0 Å². The first-order chi connectivity index (χ1) is 23.1. The summed E-state index contributed by atoms with van der Waals surface area (Å²) in [6.07, 6.45) is 0.700. The minimum Gasteiger partial charge on any atom is -0.488 e. The lowest BCUT2D eigenvalue weighted by molar-refractivity contribution is -0.155. The normalized spacial score (nSPS) is 12.6. The van der Waals surface area contributed by atoms with Crippen LogP contribution in [0.5, 0.6) is 23.0 Å². The molecule has 4 aromatic rings. The lowest BCUT2D eigenvalue weighted by Gasteiger charge is -2.39. The standard InChI is InChI=1S/C44H54O6/c1-13-41(5,6)38(45)47-34-22-14-30(15-23-34)31-16-24-37(25-17-31)50-44(11,12)43(9,10)39(46)48-35-26-18-32(19-27-35)42(7,8)33-20-28-36(29-21-33)49-40(2,3)4/h14-29H,13H2,1-12H3. The molecule has 6 heteroatoms. The van der Waals surface area contributed by atoms with Gasteiger partial charge >= 0.3 is 11.9 Å². The Morgan fingerprint density at radius 2 is 0.840 bits per heavy atom. The van der Waals surface area contributed by atoms with Crippen LogP contribution >= 0.6 is 0 Å². The van der Waals surface area contributed by atoms with Gasteiger partial charge in [0.2, 0.25) is 0 Å². The van der Waals surface area contributed by atoms with Crippen molar-refractivity contribution in [2.75, 3.05) is 0 Å². The van der Waals surface area contributed by atoms with Crippen LogP contribution in [0.4, 0.5) is 0 Å². The Morgan fingerprint density at radius 1 is 0.480 bits per heavy atom. The van der Waals surface area contributed by atoms with Crippen LogP contribution in [-0.4, -0.2) is 23.1 Å². The minimum absolute atomic E-state index is 0.244. The van der Waals surface area contributed by atoms with Gasteiger partial charge in [-0.25, -0.2) is 0 Å². The fourth-order valence-electron chi connectivity index (χ4n) is 5.12. The molecular weight excluding hydrogens is 624 g/mol. The van der Waals surface area contributed by atoms with Crippen molar-refractivity contribution in [3.63, 3.8) is 0 Å². The van der Waals surface area contributed by atoms with Crippen molar-refractivity contribution < 1.29 is 28.5 Å². The SMILES string of the molecule is CCC(C)(C)C(=O)Oc1ccc(-c2ccc(OC(C)(C)C(C)(C)C(=O)Oc3ccc(C(C)(C)c4ccc(OC(C)(C)C)cc4)cc3)cc2)cc1. The smallest absolute Gasteiger partial charge is 0.320 e. The fourth-order valence-corrected chi connectivity index (χ4v) is 5.12. The second-order valence-corrected chi connectivity index (χ2v) is 16.2. The van der Waals surface area contributed by atoms with Gasteiger partial charge in [-0.3, -0.25) is 9.59 Å². The molecule has 0 aliphatic heterocycles. The summed E-state index contributed by atoms with van der Waals surface area (Å²) in [5.41, 5.74) is 1.28. The number of carbonyl (C=O) groups is 2. The minimum atomic E-state index is -0.986. The molecule has 6 nitrogen and oxygen atoms in total. The van der Waals surface area contributed by atoms with Crippen molar-refractivity contribution in [3.8, 4) is 34.1 Å². The van der Waals surface area contributed by atoms with Gasteiger partial charge in [0, 0.05) is 5.41 Å². The Bertz CT molecular complexity index is 1750. The molecular formula is C44H54O6. The van der Waals surface area contributed by atoms with Gasteiger partial charge in [-0.2, -0.15) is 0 Å². The molecule has 0 aliphatic carbocycles. The molecule has 50 heavy (non-hydrogen) atoms. The predicted octanol–water partition coefficient (Wildman–Crippen LogP) is 11.0. The molecule has 0 radical (unpaired) electrons. The highest BCUT2D eigenvalue weighted by Crippen LogP contribution is 2.38. The molecule has 0 fully saturated rings. The molecule has 0 bridgehead atoms. The number of benzene rings is 4. The number of carbonyl (C=O) groups excluding carboxylic acids is 2. The molecule has 4 rings (SSSR count). The van der Waals surface area contributed by atoms with Gasteiger partial charge in [0.1, 0.15) is 39.6 Å². The second-order valence-electron chi connectivity index (χ2n) is 16.2. The number of esters is 2. The highest BCUT2D eigenvalue weighted by molar-refractivity contribution is 5.80. The summed E-state index contributed by atoms with van der Waals surface area (Å²) in [5.74, 6) is 1.84. The molecule has 0 N–H and O–H groups in total. The maximum Gasteiger partial charge on any atom is 0.320 e. The van der Waals surface area contributed by atoms with Crippen LogP contribution < -0.4 is 18.9 Å². The molecule has 0 saturated carbocycles. The van der Waals surface area contributed by atoms with Crippen molar-refractivity contribution in [2.45, 2.75) is 106 Å². The van der Waals surface area contributed by atoms with E-state index in [4.69, 9.17) is 18.9 Å². The zero-order valence-corrected chi connectivity index (χ0v) is 31.9. The van der Waals surface area contributed by atoms with Crippen molar-refractivity contribution in [3.05, 3.63) is 108 Å². The van der Waals surface area contributed by atoms with Crippen LogP contribution in [0.15, 0.2) is 97.1 Å². The third-order valence-electron chi connectivity index (χ3n) is 9.86. The van der Waals surface area contributed by atoms with E-state index < -0.39 is 16.4 Å². The fraction of sp³-hybridized carbons (Fsp3) is 0.409. The first kappa shape index (κ1) is 38.2. The highest BCUT2D eigenvalue weighted by atomic mass is 16.5. The van der Waals surface area contributed by atoms with E-state index in [-0.39, 0.29) is 23.0 Å². The lowest BCUT2D eigenvalue weighted by Crippen LogP contribution is -2.51. The molecule has 0 aromatic heterocycles. The Kier molecular flexibility index (Phi) is 11.0. The molecule has 0 spiro atoms. The summed E-state index contributed by atoms with van der Waals surface area (Å²) in [6.45, 7) is 23.6. The van der Waals surface area contributed by atoms with Crippen LogP contribution in [0.2, 0.25) is 0 Å². The van der Waals surface area contributed by atoms with E-state index >= 15 is 0 Å². The number of hydrogen-bond acceptors (Lipinski definition) is 6. The molecule has 0 amide bonds. The quantitative estimate of drug-likeness (QED) is 0.110. The van der Waals surface area contributed by atoms with E-state index in [0.29, 0.717) is 23.7 Å². The summed E-state index contributed by atoms with van der Waals surface area (Å²) in [7, 11) is 0. The van der Waals surface area contributed by atoms with E-state index in [2.05, 4.69) is 26.0 Å². The highest BCUT2D eigenvalue weighted by Gasteiger charge is 2.47. The van der Waals surface area contributed by atoms with Crippen LogP contribution in [-0.2, 0) is 15.0 Å². The second kappa shape index (κ2) is 14.3. The van der Waals surface area contributed by atoms with Gasteiger partial charge < -0.3 is 18.9 Å². The Morgan fingerprint density at radius 3 is 1.26 bits per heavy atom. The summed E-state index contributed by atoms with van der Waals surface area (Å²) in [4.78, 5) is 26.0. The third-order valence-corrected chi connectivity index (χ3v) is 9.86. The summed E-state index contributed by atoms with van der Waals surface area (Å²) in [5, 5.41) is 0. The molecule has 0 saturated heterocycles. The topological polar surface area (TPSA) is 71.1 Å². The number of hydrogen-bond donors (Lipinski definition) is 0. The van der Waals surface area contributed by atoms with E-state index in [1.807, 2.05) is 142 Å². The average molecular weight is 679 g/mol. The molecule has 4 aromatic carbocycles. The third kappa shape index (κ3) is 8.95. The molecule has 0 atom stereocenters. The molecule has 0 heterocycles. The van der Waals surface area contributed by atoms with E-state index in [1.165, 1.54) is 0 Å². The summed E-state index contributed by atoms with van der Waals surface area (Å²) >= 11 is 0. The van der Waals surface area contributed by atoms with Crippen molar-refractivity contribution in [1.82, 2.24) is 0 Å². The van der Waals surface area contributed by atoms with E-state index in [9.17, 15) is 9.59 Å². The largest absolute Gasteiger partial charge is 0.488 e. The molecule has 0 aliphatic rings. The van der Waals surface area contributed by atoms with E-state index in [0.717, 1.165) is 28.0 Å². The zero-order valence-electron chi connectivity index (χ0n) is 31.9. The number of rotatable bonds is 12. The first-order valence-corrected chi connectivity index (χ1v) is 17.4. The summed E-state index contributed by atoms with van der Waals surface area (Å²) < 4.78 is 23.9. The number of ether oxygens (including phenoxy) is 4. The van der Waals surface area contributed by atoms with Gasteiger partial charge in [0.05, 0.1) is 5.41 Å². The van der Waals surface area contributed by atoms with Crippen LogP contribution in [0.1, 0.15) is 101 Å².